The molecule has 0 bridgehead atoms. The maximum absolute atomic E-state index is 13.1. The first-order chi connectivity index (χ1) is 14.8. The molecule has 1 fully saturated rings. The Morgan fingerprint density at radius 3 is 2.55 bits per heavy atom. The average molecular weight is 448 g/mol. The molecule has 172 valence electrons. The number of hydrogen-bond acceptors (Lipinski definition) is 4. The van der Waals surface area contributed by atoms with Crippen molar-refractivity contribution >= 4 is 29.4 Å². The number of rotatable bonds is 9. The van der Waals surface area contributed by atoms with Gasteiger partial charge < -0.3 is 15.0 Å². The third-order valence-corrected chi connectivity index (χ3v) is 6.33. The third-order valence-electron chi connectivity index (χ3n) is 6.11. The van der Waals surface area contributed by atoms with Gasteiger partial charge in [-0.05, 0) is 56.7 Å². The summed E-state index contributed by atoms with van der Waals surface area (Å²) in [5.74, 6) is 0.502. The lowest BCUT2D eigenvalue weighted by Gasteiger charge is -2.36. The van der Waals surface area contributed by atoms with Gasteiger partial charge in [-0.25, -0.2) is 0 Å². The van der Waals surface area contributed by atoms with E-state index in [1.54, 1.807) is 12.3 Å². The van der Waals surface area contributed by atoms with E-state index in [1.807, 2.05) is 19.2 Å². The molecule has 5 nitrogen and oxygen atoms in total. The van der Waals surface area contributed by atoms with Gasteiger partial charge in [0.2, 0.25) is 0 Å². The highest BCUT2D eigenvalue weighted by Crippen LogP contribution is 2.31. The molecule has 1 atom stereocenters. The number of aliphatic imine (C=N–C) groups is 1. The molecule has 1 aromatic carbocycles. The van der Waals surface area contributed by atoms with E-state index in [0.717, 1.165) is 56.0 Å². The van der Waals surface area contributed by atoms with E-state index >= 15 is 0 Å². The Hall–Kier alpha value is -1.85. The van der Waals surface area contributed by atoms with Gasteiger partial charge >= 0.3 is 0 Å². The van der Waals surface area contributed by atoms with Crippen molar-refractivity contribution in [2.45, 2.75) is 66.8 Å². The van der Waals surface area contributed by atoms with Gasteiger partial charge in [0, 0.05) is 60.4 Å². The Balaban J connectivity index is 2.32. The normalized spacial score (nSPS) is 16.7. The van der Waals surface area contributed by atoms with Crippen molar-refractivity contribution in [1.82, 2.24) is 5.32 Å². The lowest BCUT2D eigenvalue weighted by Crippen LogP contribution is -2.40. The quantitative estimate of drug-likeness (QED) is 0.472. The Morgan fingerprint density at radius 2 is 1.97 bits per heavy atom. The molecule has 1 aliphatic rings. The Labute approximate surface area is 192 Å². The maximum Gasteiger partial charge on any atom is 0.255 e. The van der Waals surface area contributed by atoms with Gasteiger partial charge in [-0.1, -0.05) is 39.3 Å². The topological polar surface area (TPSA) is 53.9 Å². The minimum Gasteiger partial charge on any atom is -0.381 e. The van der Waals surface area contributed by atoms with Gasteiger partial charge in [0.25, 0.3) is 5.91 Å². The summed E-state index contributed by atoms with van der Waals surface area (Å²) >= 11 is 6.46. The van der Waals surface area contributed by atoms with Crippen LogP contribution in [0.4, 0.5) is 5.69 Å². The molecule has 1 N–H and O–H groups in total. The molecule has 2 rings (SSSR count). The molecule has 0 spiro atoms. The number of nitrogens with zero attached hydrogens (tertiary/aromatic N) is 2. The van der Waals surface area contributed by atoms with Gasteiger partial charge in [0.15, 0.2) is 0 Å². The van der Waals surface area contributed by atoms with Crippen molar-refractivity contribution in [3.8, 4) is 0 Å². The Bertz CT molecular complexity index is 798. The third kappa shape index (κ3) is 6.81. The number of nitrogens with one attached hydrogen (secondary N) is 1. The number of ether oxygens (including phenoxy) is 1. The van der Waals surface area contributed by atoms with Crippen LogP contribution in [0.1, 0.15) is 69.8 Å². The molecule has 1 heterocycles. The van der Waals surface area contributed by atoms with Crippen molar-refractivity contribution in [2.24, 2.45) is 16.8 Å². The fourth-order valence-electron chi connectivity index (χ4n) is 3.86. The van der Waals surface area contributed by atoms with Gasteiger partial charge in [-0.2, -0.15) is 0 Å². The SMILES string of the molecule is CCC=N/C(=C/NC(=O)c1cc(Cl)cc(N(CC)C2CCOCC2)c1C)C(C)C(C)C. The van der Waals surface area contributed by atoms with Crippen LogP contribution in [-0.4, -0.2) is 37.9 Å². The van der Waals surface area contributed by atoms with Crippen molar-refractivity contribution < 1.29 is 9.53 Å². The average Bonchev–Trinajstić information content (AvgIpc) is 2.76. The molecule has 1 amide bonds. The van der Waals surface area contributed by atoms with E-state index in [9.17, 15) is 4.79 Å². The first-order valence-corrected chi connectivity index (χ1v) is 11.9. The fraction of sp³-hybridized carbons (Fsp3) is 0.600. The van der Waals surface area contributed by atoms with E-state index in [-0.39, 0.29) is 11.8 Å². The van der Waals surface area contributed by atoms with Crippen LogP contribution in [0.15, 0.2) is 29.0 Å². The van der Waals surface area contributed by atoms with Gasteiger partial charge in [-0.15, -0.1) is 0 Å². The number of anilines is 1. The number of halogens is 1. The van der Waals surface area contributed by atoms with Crippen molar-refractivity contribution in [3.05, 3.63) is 40.2 Å². The van der Waals surface area contributed by atoms with Crippen LogP contribution in [0.5, 0.6) is 0 Å². The van der Waals surface area contributed by atoms with Crippen molar-refractivity contribution in [1.29, 1.82) is 0 Å². The van der Waals surface area contributed by atoms with Crippen LogP contribution in [0.25, 0.3) is 0 Å². The number of hydrogen-bond donors (Lipinski definition) is 1. The Kier molecular flexibility index (Phi) is 10.0. The summed E-state index contributed by atoms with van der Waals surface area (Å²) in [7, 11) is 0. The van der Waals surface area contributed by atoms with E-state index < -0.39 is 0 Å². The van der Waals surface area contributed by atoms with Crippen LogP contribution in [0, 0.1) is 18.8 Å². The number of amides is 1. The molecule has 0 saturated carbocycles. The summed E-state index contributed by atoms with van der Waals surface area (Å²) in [6.45, 7) is 15.0. The molecule has 6 heteroatoms. The molecule has 1 aromatic rings. The predicted molar refractivity (Wildman–Crippen MR) is 131 cm³/mol. The second-order valence-corrected chi connectivity index (χ2v) is 8.96. The molecule has 1 saturated heterocycles. The molecular weight excluding hydrogens is 410 g/mol. The van der Waals surface area contributed by atoms with Crippen LogP contribution in [0.3, 0.4) is 0 Å². The van der Waals surface area contributed by atoms with E-state index in [4.69, 9.17) is 16.3 Å². The van der Waals surface area contributed by atoms with Crippen molar-refractivity contribution in [3.63, 3.8) is 0 Å². The number of carbonyl (C=O) groups is 1. The molecule has 1 aliphatic heterocycles. The second-order valence-electron chi connectivity index (χ2n) is 8.52. The molecule has 0 aromatic heterocycles. The summed E-state index contributed by atoms with van der Waals surface area (Å²) in [4.78, 5) is 20.0. The largest absolute Gasteiger partial charge is 0.381 e. The van der Waals surface area contributed by atoms with Crippen LogP contribution in [0.2, 0.25) is 5.02 Å². The van der Waals surface area contributed by atoms with E-state index in [0.29, 0.717) is 22.5 Å². The fourth-order valence-corrected chi connectivity index (χ4v) is 4.08. The standard InChI is InChI=1S/C25H38ClN3O2/c1-7-11-27-23(18(5)17(3)4)16-28-25(30)22-14-20(26)15-24(19(22)6)29(8-2)21-9-12-31-13-10-21/h11,14-18,21H,7-10,12-13H2,1-6H3,(H,28,30)/b23-16+,27-11?. The summed E-state index contributed by atoms with van der Waals surface area (Å²) in [5.41, 5.74) is 3.44. The van der Waals surface area contributed by atoms with E-state index in [2.05, 4.69) is 49.8 Å². The highest BCUT2D eigenvalue weighted by Gasteiger charge is 2.24. The number of allylic oxidation sites excluding steroid dienone is 1. The van der Waals surface area contributed by atoms with E-state index in [1.165, 1.54) is 0 Å². The molecule has 0 radical (unpaired) electrons. The molecular formula is C25H38ClN3O2. The zero-order valence-corrected chi connectivity index (χ0v) is 20.6. The lowest BCUT2D eigenvalue weighted by atomic mass is 9.95. The maximum atomic E-state index is 13.1. The highest BCUT2D eigenvalue weighted by molar-refractivity contribution is 6.31. The van der Waals surface area contributed by atoms with Crippen LogP contribution >= 0.6 is 11.6 Å². The zero-order valence-electron chi connectivity index (χ0n) is 19.9. The first kappa shape index (κ1) is 25.4. The molecule has 1 unspecified atom stereocenters. The zero-order chi connectivity index (χ0) is 23.0. The monoisotopic (exact) mass is 447 g/mol. The van der Waals surface area contributed by atoms with Crippen LogP contribution in [-0.2, 0) is 4.74 Å². The van der Waals surface area contributed by atoms with Crippen molar-refractivity contribution in [2.75, 3.05) is 24.7 Å². The van der Waals surface area contributed by atoms with Crippen LogP contribution < -0.4 is 10.2 Å². The minimum absolute atomic E-state index is 0.163. The van der Waals surface area contributed by atoms with Gasteiger partial charge in [0.05, 0.1) is 5.70 Å². The summed E-state index contributed by atoms with van der Waals surface area (Å²) < 4.78 is 5.53. The van der Waals surface area contributed by atoms with Gasteiger partial charge in [0.1, 0.15) is 0 Å². The summed E-state index contributed by atoms with van der Waals surface area (Å²) in [6.07, 6.45) is 6.44. The second kappa shape index (κ2) is 12.3. The summed E-state index contributed by atoms with van der Waals surface area (Å²) in [6, 6.07) is 4.12. The first-order valence-electron chi connectivity index (χ1n) is 11.5. The molecule has 0 aliphatic carbocycles. The highest BCUT2D eigenvalue weighted by atomic mass is 35.5. The predicted octanol–water partition coefficient (Wildman–Crippen LogP) is 6.00. The smallest absolute Gasteiger partial charge is 0.255 e. The minimum atomic E-state index is -0.163. The summed E-state index contributed by atoms with van der Waals surface area (Å²) in [5, 5.41) is 3.53. The number of benzene rings is 1. The number of carbonyl (C=O) groups excluding carboxylic acids is 1. The molecule has 31 heavy (non-hydrogen) atoms. The Morgan fingerprint density at radius 1 is 1.29 bits per heavy atom. The van der Waals surface area contributed by atoms with Gasteiger partial charge in [-0.3, -0.25) is 9.79 Å². The lowest BCUT2D eigenvalue weighted by molar-refractivity contribution is 0.0846.